The van der Waals surface area contributed by atoms with E-state index in [1.807, 2.05) is 19.9 Å². The Morgan fingerprint density at radius 1 is 1.39 bits per heavy atom. The molecular formula is C13H22N2O2S. The molecule has 102 valence electrons. The average molecular weight is 270 g/mol. The molecule has 0 aliphatic rings. The van der Waals surface area contributed by atoms with Gasteiger partial charge in [0.1, 0.15) is 0 Å². The lowest BCUT2D eigenvalue weighted by Crippen LogP contribution is -2.32. The van der Waals surface area contributed by atoms with Crippen molar-refractivity contribution >= 4 is 10.0 Å². The summed E-state index contributed by atoms with van der Waals surface area (Å²) in [7, 11) is -3.43. The Morgan fingerprint density at radius 3 is 2.56 bits per heavy atom. The van der Waals surface area contributed by atoms with E-state index in [4.69, 9.17) is 5.73 Å². The van der Waals surface area contributed by atoms with Crippen molar-refractivity contribution in [3.8, 4) is 0 Å². The molecule has 1 aromatic carbocycles. The molecule has 0 heterocycles. The fourth-order valence-electron chi connectivity index (χ4n) is 1.96. The van der Waals surface area contributed by atoms with Gasteiger partial charge in [-0.05, 0) is 37.5 Å². The highest BCUT2D eigenvalue weighted by atomic mass is 32.2. The Labute approximate surface area is 110 Å². The van der Waals surface area contributed by atoms with Gasteiger partial charge in [0, 0.05) is 12.6 Å². The summed E-state index contributed by atoms with van der Waals surface area (Å²) in [4.78, 5) is 0.336. The normalized spacial score (nSPS) is 13.6. The summed E-state index contributed by atoms with van der Waals surface area (Å²) in [6, 6.07) is 5.15. The lowest BCUT2D eigenvalue weighted by atomic mass is 10.1. The topological polar surface area (TPSA) is 72.2 Å². The SMILES string of the molecule is CCCC(C)NS(=O)(=O)c1ccc(CN)cc1C. The molecule has 1 unspecified atom stereocenters. The van der Waals surface area contributed by atoms with Gasteiger partial charge in [-0.2, -0.15) is 0 Å². The number of benzene rings is 1. The van der Waals surface area contributed by atoms with Crippen LogP contribution < -0.4 is 10.5 Å². The molecule has 0 aliphatic carbocycles. The average Bonchev–Trinajstić information content (AvgIpc) is 2.27. The number of rotatable bonds is 6. The van der Waals surface area contributed by atoms with Crippen LogP contribution in [-0.4, -0.2) is 14.5 Å². The number of hydrogen-bond donors (Lipinski definition) is 2. The fraction of sp³-hybridized carbons (Fsp3) is 0.538. The zero-order valence-corrected chi connectivity index (χ0v) is 12.0. The lowest BCUT2D eigenvalue weighted by Gasteiger charge is -2.15. The molecule has 0 aliphatic heterocycles. The molecule has 0 bridgehead atoms. The van der Waals surface area contributed by atoms with Crippen molar-refractivity contribution in [3.63, 3.8) is 0 Å². The summed E-state index contributed by atoms with van der Waals surface area (Å²) in [6.45, 7) is 6.12. The van der Waals surface area contributed by atoms with Crippen LogP contribution in [0, 0.1) is 6.92 Å². The Balaban J connectivity index is 2.98. The first kappa shape index (κ1) is 15.1. The second-order valence-corrected chi connectivity index (χ2v) is 6.30. The summed E-state index contributed by atoms with van der Waals surface area (Å²) < 4.78 is 27.1. The second-order valence-electron chi connectivity index (χ2n) is 4.61. The molecule has 1 aromatic rings. The van der Waals surface area contributed by atoms with Crippen molar-refractivity contribution < 1.29 is 8.42 Å². The van der Waals surface area contributed by atoms with E-state index >= 15 is 0 Å². The second kappa shape index (κ2) is 6.31. The molecule has 0 amide bonds. The van der Waals surface area contributed by atoms with Crippen LogP contribution in [0.15, 0.2) is 23.1 Å². The molecule has 0 spiro atoms. The van der Waals surface area contributed by atoms with Crippen LogP contribution in [0.4, 0.5) is 0 Å². The maximum Gasteiger partial charge on any atom is 0.241 e. The maximum atomic E-state index is 12.2. The first-order valence-corrected chi connectivity index (χ1v) is 7.71. The number of nitrogens with two attached hydrogens (primary N) is 1. The van der Waals surface area contributed by atoms with E-state index in [0.717, 1.165) is 24.0 Å². The van der Waals surface area contributed by atoms with Crippen molar-refractivity contribution in [2.24, 2.45) is 5.73 Å². The van der Waals surface area contributed by atoms with Crippen LogP contribution >= 0.6 is 0 Å². The van der Waals surface area contributed by atoms with Gasteiger partial charge in [-0.1, -0.05) is 25.5 Å². The van der Waals surface area contributed by atoms with Crippen LogP contribution in [0.3, 0.4) is 0 Å². The zero-order chi connectivity index (χ0) is 13.8. The van der Waals surface area contributed by atoms with Crippen LogP contribution in [0.2, 0.25) is 0 Å². The van der Waals surface area contributed by atoms with Crippen molar-refractivity contribution in [1.29, 1.82) is 0 Å². The number of nitrogens with one attached hydrogen (secondary N) is 1. The third-order valence-corrected chi connectivity index (χ3v) is 4.59. The number of sulfonamides is 1. The molecule has 3 N–H and O–H groups in total. The summed E-state index contributed by atoms with van der Waals surface area (Å²) in [6.07, 6.45) is 1.79. The summed E-state index contributed by atoms with van der Waals surface area (Å²) in [5.74, 6) is 0. The van der Waals surface area contributed by atoms with Crippen LogP contribution in [0.25, 0.3) is 0 Å². The lowest BCUT2D eigenvalue weighted by molar-refractivity contribution is 0.543. The predicted molar refractivity (Wildman–Crippen MR) is 73.8 cm³/mol. The smallest absolute Gasteiger partial charge is 0.241 e. The summed E-state index contributed by atoms with van der Waals surface area (Å²) >= 11 is 0. The highest BCUT2D eigenvalue weighted by molar-refractivity contribution is 7.89. The van der Waals surface area contributed by atoms with Gasteiger partial charge in [-0.15, -0.1) is 0 Å². The summed E-state index contributed by atoms with van der Waals surface area (Å²) in [5, 5.41) is 0. The third-order valence-electron chi connectivity index (χ3n) is 2.84. The highest BCUT2D eigenvalue weighted by Crippen LogP contribution is 2.17. The van der Waals surface area contributed by atoms with E-state index in [2.05, 4.69) is 4.72 Å². The Kier molecular flexibility index (Phi) is 5.31. The molecule has 18 heavy (non-hydrogen) atoms. The van der Waals surface area contributed by atoms with Gasteiger partial charge in [-0.25, -0.2) is 13.1 Å². The van der Waals surface area contributed by atoms with E-state index in [1.165, 1.54) is 0 Å². The largest absolute Gasteiger partial charge is 0.326 e. The van der Waals surface area contributed by atoms with Crippen molar-refractivity contribution in [2.45, 2.75) is 51.1 Å². The fourth-order valence-corrected chi connectivity index (χ4v) is 3.46. The highest BCUT2D eigenvalue weighted by Gasteiger charge is 2.19. The molecule has 4 nitrogen and oxygen atoms in total. The van der Waals surface area contributed by atoms with Crippen molar-refractivity contribution in [3.05, 3.63) is 29.3 Å². The van der Waals surface area contributed by atoms with Crippen LogP contribution in [0.5, 0.6) is 0 Å². The van der Waals surface area contributed by atoms with Gasteiger partial charge < -0.3 is 5.73 Å². The van der Waals surface area contributed by atoms with E-state index in [9.17, 15) is 8.42 Å². The standard InChI is InChI=1S/C13H22N2O2S/c1-4-5-11(3)15-18(16,17)13-7-6-12(9-14)8-10(13)2/h6-8,11,15H,4-5,9,14H2,1-3H3. The molecule has 0 aromatic heterocycles. The molecule has 0 radical (unpaired) electrons. The van der Waals surface area contributed by atoms with Gasteiger partial charge in [0.2, 0.25) is 10.0 Å². The minimum absolute atomic E-state index is 0.0476. The van der Waals surface area contributed by atoms with Crippen molar-refractivity contribution in [1.82, 2.24) is 4.72 Å². The van der Waals surface area contributed by atoms with Crippen LogP contribution in [0.1, 0.15) is 37.8 Å². The van der Waals surface area contributed by atoms with Gasteiger partial charge >= 0.3 is 0 Å². The Bertz CT molecular complexity index is 498. The molecular weight excluding hydrogens is 248 g/mol. The van der Waals surface area contributed by atoms with E-state index in [0.29, 0.717) is 11.4 Å². The molecule has 5 heteroatoms. The molecule has 0 fully saturated rings. The maximum absolute atomic E-state index is 12.2. The monoisotopic (exact) mass is 270 g/mol. The first-order chi connectivity index (χ1) is 8.40. The van der Waals surface area contributed by atoms with Crippen molar-refractivity contribution in [2.75, 3.05) is 0 Å². The molecule has 1 atom stereocenters. The van der Waals surface area contributed by atoms with E-state index < -0.39 is 10.0 Å². The number of aryl methyl sites for hydroxylation is 1. The molecule has 1 rings (SSSR count). The molecule has 0 saturated heterocycles. The Hall–Kier alpha value is -0.910. The Morgan fingerprint density at radius 2 is 2.06 bits per heavy atom. The number of hydrogen-bond acceptors (Lipinski definition) is 3. The minimum atomic E-state index is -3.43. The van der Waals surface area contributed by atoms with Gasteiger partial charge in [-0.3, -0.25) is 0 Å². The zero-order valence-electron chi connectivity index (χ0n) is 11.2. The van der Waals surface area contributed by atoms with Gasteiger partial charge in [0.05, 0.1) is 4.90 Å². The summed E-state index contributed by atoms with van der Waals surface area (Å²) in [5.41, 5.74) is 7.20. The van der Waals surface area contributed by atoms with E-state index in [1.54, 1.807) is 19.1 Å². The minimum Gasteiger partial charge on any atom is -0.326 e. The van der Waals surface area contributed by atoms with Crippen LogP contribution in [-0.2, 0) is 16.6 Å². The van der Waals surface area contributed by atoms with Gasteiger partial charge in [0.15, 0.2) is 0 Å². The quantitative estimate of drug-likeness (QED) is 0.829. The first-order valence-electron chi connectivity index (χ1n) is 6.22. The van der Waals surface area contributed by atoms with E-state index in [-0.39, 0.29) is 6.04 Å². The van der Waals surface area contributed by atoms with Gasteiger partial charge in [0.25, 0.3) is 0 Å². The molecule has 0 saturated carbocycles. The predicted octanol–water partition coefficient (Wildman–Crippen LogP) is 1.92. The third kappa shape index (κ3) is 3.80.